The van der Waals surface area contributed by atoms with Crippen molar-refractivity contribution in [1.82, 2.24) is 10.7 Å². The zero-order valence-electron chi connectivity index (χ0n) is 12.5. The van der Waals surface area contributed by atoms with Gasteiger partial charge in [-0.15, -0.1) is 6.42 Å². The number of hydrazone groups is 1. The topological polar surface area (TPSA) is 54.9 Å². The lowest BCUT2D eigenvalue weighted by molar-refractivity contribution is 0.299. The molecule has 0 fully saturated rings. The fourth-order valence-corrected chi connectivity index (χ4v) is 2.02. The monoisotopic (exact) mass is 339 g/mol. The highest BCUT2D eigenvalue weighted by Crippen LogP contribution is 2.36. The van der Waals surface area contributed by atoms with Crippen LogP contribution in [0.25, 0.3) is 0 Å². The van der Waals surface area contributed by atoms with Gasteiger partial charge in [0.15, 0.2) is 16.6 Å². The van der Waals surface area contributed by atoms with Crippen molar-refractivity contribution in [2.45, 2.75) is 13.8 Å². The maximum atomic E-state index is 6.20. The van der Waals surface area contributed by atoms with E-state index in [-0.39, 0.29) is 6.61 Å². The van der Waals surface area contributed by atoms with E-state index in [1.807, 2.05) is 13.8 Å². The zero-order chi connectivity index (χ0) is 16.4. The van der Waals surface area contributed by atoms with Gasteiger partial charge in [0.25, 0.3) is 0 Å². The van der Waals surface area contributed by atoms with Crippen molar-refractivity contribution < 1.29 is 9.47 Å². The first kappa shape index (κ1) is 18.1. The molecule has 0 saturated heterocycles. The third-order valence-corrected chi connectivity index (χ3v) is 2.86. The molecule has 7 heteroatoms. The molecule has 2 N–H and O–H groups in total. The number of ether oxygens (including phenoxy) is 2. The summed E-state index contributed by atoms with van der Waals surface area (Å²) in [6, 6.07) is 3.47. The Morgan fingerprint density at radius 2 is 2.23 bits per heavy atom. The molecule has 0 saturated carbocycles. The number of terminal acetylenes is 1. The van der Waals surface area contributed by atoms with Crippen LogP contribution >= 0.6 is 23.8 Å². The van der Waals surface area contributed by atoms with Gasteiger partial charge in [-0.2, -0.15) is 5.10 Å². The van der Waals surface area contributed by atoms with Crippen molar-refractivity contribution in [1.29, 1.82) is 0 Å². The van der Waals surface area contributed by atoms with E-state index < -0.39 is 0 Å². The van der Waals surface area contributed by atoms with Crippen LogP contribution in [0.3, 0.4) is 0 Å². The molecule has 0 heterocycles. The van der Waals surface area contributed by atoms with Crippen LogP contribution in [-0.2, 0) is 0 Å². The van der Waals surface area contributed by atoms with Gasteiger partial charge in [-0.3, -0.25) is 5.43 Å². The molecule has 1 aromatic rings. The molecule has 1 aromatic carbocycles. The highest BCUT2D eigenvalue weighted by Gasteiger charge is 2.11. The summed E-state index contributed by atoms with van der Waals surface area (Å²) in [6.07, 6.45) is 6.78. The van der Waals surface area contributed by atoms with E-state index in [1.165, 1.54) is 0 Å². The summed E-state index contributed by atoms with van der Waals surface area (Å²) >= 11 is 11.2. The molecule has 0 aromatic heterocycles. The lowest BCUT2D eigenvalue weighted by Crippen LogP contribution is -2.31. The average molecular weight is 340 g/mol. The Morgan fingerprint density at radius 1 is 1.45 bits per heavy atom. The molecule has 5 nitrogen and oxygen atoms in total. The van der Waals surface area contributed by atoms with Gasteiger partial charge in [-0.25, -0.2) is 0 Å². The lowest BCUT2D eigenvalue weighted by atomic mass is 10.2. The summed E-state index contributed by atoms with van der Waals surface area (Å²) < 4.78 is 10.9. The first-order chi connectivity index (χ1) is 10.6. The first-order valence-corrected chi connectivity index (χ1v) is 7.50. The Morgan fingerprint density at radius 3 is 2.86 bits per heavy atom. The average Bonchev–Trinajstić information content (AvgIpc) is 2.47. The quantitative estimate of drug-likeness (QED) is 0.346. The highest BCUT2D eigenvalue weighted by molar-refractivity contribution is 7.80. The van der Waals surface area contributed by atoms with Crippen molar-refractivity contribution >= 4 is 35.1 Å². The van der Waals surface area contributed by atoms with Gasteiger partial charge in [-0.05, 0) is 43.8 Å². The third kappa shape index (κ3) is 5.80. The van der Waals surface area contributed by atoms with Gasteiger partial charge in [0, 0.05) is 6.54 Å². The number of hydrogen-bond acceptors (Lipinski definition) is 4. The van der Waals surface area contributed by atoms with Crippen LogP contribution in [0.1, 0.15) is 19.4 Å². The summed E-state index contributed by atoms with van der Waals surface area (Å²) in [7, 11) is 0. The smallest absolute Gasteiger partial charge is 0.186 e. The number of benzene rings is 1. The van der Waals surface area contributed by atoms with Crippen LogP contribution in [0.15, 0.2) is 17.2 Å². The van der Waals surface area contributed by atoms with Gasteiger partial charge in [0.2, 0.25) is 0 Å². The minimum Gasteiger partial charge on any atom is -0.490 e. The number of hydrogen-bond donors (Lipinski definition) is 2. The number of halogens is 1. The SMILES string of the molecule is C#CCOc1c(Cl)cc(/C=N\NC(=S)NCC)cc1OCC. The first-order valence-electron chi connectivity index (χ1n) is 6.71. The second kappa shape index (κ2) is 9.87. The summed E-state index contributed by atoms with van der Waals surface area (Å²) in [5.41, 5.74) is 3.44. The second-order valence-corrected chi connectivity index (χ2v) is 4.80. The summed E-state index contributed by atoms with van der Waals surface area (Å²) in [6.45, 7) is 5.14. The Bertz CT molecular complexity index is 585. The third-order valence-electron chi connectivity index (χ3n) is 2.35. The minimum atomic E-state index is 0.117. The van der Waals surface area contributed by atoms with E-state index in [9.17, 15) is 0 Å². The standard InChI is InChI=1S/C15H18ClN3O2S/c1-4-7-21-14-12(16)8-11(9-13(14)20-6-3)10-18-19-15(22)17-5-2/h1,8-10H,5-7H2,2-3H3,(H2,17,19,22)/b18-10-. The maximum Gasteiger partial charge on any atom is 0.186 e. The molecule has 0 unspecified atom stereocenters. The largest absolute Gasteiger partial charge is 0.490 e. The van der Waals surface area contributed by atoms with E-state index in [4.69, 9.17) is 39.7 Å². The van der Waals surface area contributed by atoms with Crippen molar-refractivity contribution in [2.75, 3.05) is 19.8 Å². The van der Waals surface area contributed by atoms with Crippen LogP contribution < -0.4 is 20.2 Å². The fraction of sp³-hybridized carbons (Fsp3) is 0.333. The zero-order valence-corrected chi connectivity index (χ0v) is 14.1. The molecule has 0 radical (unpaired) electrons. The number of nitrogens with zero attached hydrogens (tertiary/aromatic N) is 1. The molecule has 0 atom stereocenters. The maximum absolute atomic E-state index is 6.20. The molecule has 0 aliphatic rings. The molecule has 0 bridgehead atoms. The Labute approximate surface area is 141 Å². The van der Waals surface area contributed by atoms with E-state index in [0.29, 0.717) is 28.2 Å². The molecular weight excluding hydrogens is 322 g/mol. The van der Waals surface area contributed by atoms with Crippen molar-refractivity contribution in [3.8, 4) is 23.8 Å². The van der Waals surface area contributed by atoms with Gasteiger partial charge in [0.05, 0.1) is 17.8 Å². The van der Waals surface area contributed by atoms with Gasteiger partial charge < -0.3 is 14.8 Å². The molecule has 1 rings (SSSR count). The normalized spacial score (nSPS) is 10.1. The summed E-state index contributed by atoms with van der Waals surface area (Å²) in [5.74, 6) is 3.33. The number of rotatable bonds is 7. The van der Waals surface area contributed by atoms with Crippen molar-refractivity contribution in [3.63, 3.8) is 0 Å². The van der Waals surface area contributed by atoms with Crippen LogP contribution in [-0.4, -0.2) is 31.1 Å². The molecule has 0 spiro atoms. The van der Waals surface area contributed by atoms with E-state index in [2.05, 4.69) is 21.8 Å². The predicted molar refractivity (Wildman–Crippen MR) is 94.0 cm³/mol. The summed E-state index contributed by atoms with van der Waals surface area (Å²) in [4.78, 5) is 0. The van der Waals surface area contributed by atoms with E-state index >= 15 is 0 Å². The lowest BCUT2D eigenvalue weighted by Gasteiger charge is -2.12. The predicted octanol–water partition coefficient (Wildman–Crippen LogP) is 2.57. The van der Waals surface area contributed by atoms with E-state index in [0.717, 1.165) is 12.1 Å². The Balaban J connectivity index is 2.91. The van der Waals surface area contributed by atoms with E-state index in [1.54, 1.807) is 18.3 Å². The highest BCUT2D eigenvalue weighted by atomic mass is 35.5. The van der Waals surface area contributed by atoms with Crippen molar-refractivity contribution in [3.05, 3.63) is 22.7 Å². The molecule has 22 heavy (non-hydrogen) atoms. The van der Waals surface area contributed by atoms with Gasteiger partial charge in [-0.1, -0.05) is 17.5 Å². The number of thiocarbonyl (C=S) groups is 1. The van der Waals surface area contributed by atoms with Gasteiger partial charge >= 0.3 is 0 Å². The van der Waals surface area contributed by atoms with Gasteiger partial charge in [0.1, 0.15) is 6.61 Å². The second-order valence-electron chi connectivity index (χ2n) is 3.99. The molecule has 0 aliphatic carbocycles. The van der Waals surface area contributed by atoms with Crippen LogP contribution in [0, 0.1) is 12.3 Å². The molecule has 0 aliphatic heterocycles. The van der Waals surface area contributed by atoms with Crippen LogP contribution in [0.5, 0.6) is 11.5 Å². The van der Waals surface area contributed by atoms with Crippen LogP contribution in [0.2, 0.25) is 5.02 Å². The molecule has 118 valence electrons. The minimum absolute atomic E-state index is 0.117. The number of nitrogens with one attached hydrogen (secondary N) is 2. The van der Waals surface area contributed by atoms with Crippen LogP contribution in [0.4, 0.5) is 0 Å². The Hall–Kier alpha value is -1.97. The Kier molecular flexibility index (Phi) is 8.11. The van der Waals surface area contributed by atoms with Crippen molar-refractivity contribution in [2.24, 2.45) is 5.10 Å². The molecular formula is C15H18ClN3O2S. The molecule has 0 amide bonds. The fourth-order valence-electron chi connectivity index (χ4n) is 1.54. The summed E-state index contributed by atoms with van der Waals surface area (Å²) in [5, 5.41) is 7.80.